The van der Waals surface area contributed by atoms with Crippen LogP contribution in [-0.4, -0.2) is 6.04 Å². The van der Waals surface area contributed by atoms with Gasteiger partial charge in [0.25, 0.3) is 0 Å². The molecular weight excluding hydrogens is 110 g/mol. The fourth-order valence-corrected chi connectivity index (χ4v) is 0.627. The Bertz CT molecular complexity index is 102. The Morgan fingerprint density at radius 1 is 1.56 bits per heavy atom. The first-order chi connectivity index (χ1) is 4.22. The molecule has 0 saturated heterocycles. The minimum atomic E-state index is 0.444. The van der Waals surface area contributed by atoms with Gasteiger partial charge >= 0.3 is 0 Å². The lowest BCUT2D eigenvalue weighted by atomic mass is 10.0. The van der Waals surface area contributed by atoms with Crippen LogP contribution in [0.15, 0.2) is 0 Å². The second-order valence-corrected chi connectivity index (χ2v) is 2.46. The lowest BCUT2D eigenvalue weighted by Crippen LogP contribution is -2.27. The highest BCUT2D eigenvalue weighted by Crippen LogP contribution is 2.05. The van der Waals surface area contributed by atoms with E-state index in [9.17, 15) is 0 Å². The van der Waals surface area contributed by atoms with Crippen LogP contribution in [0.4, 0.5) is 0 Å². The molecule has 9 heavy (non-hydrogen) atoms. The van der Waals surface area contributed by atoms with Gasteiger partial charge in [-0.2, -0.15) is 0 Å². The van der Waals surface area contributed by atoms with E-state index in [-0.39, 0.29) is 0 Å². The molecule has 0 aromatic carbocycles. The lowest BCUT2D eigenvalue weighted by molar-refractivity contribution is 0.433. The molecule has 0 saturated carbocycles. The molecule has 0 aliphatic rings. The Kier molecular flexibility index (Phi) is 3.96. The van der Waals surface area contributed by atoms with E-state index in [0.717, 1.165) is 0 Å². The van der Waals surface area contributed by atoms with Gasteiger partial charge in [0.05, 0.1) is 0 Å². The average molecular weight is 125 g/mol. The fourth-order valence-electron chi connectivity index (χ4n) is 0.627. The molecule has 0 aromatic rings. The van der Waals surface area contributed by atoms with Crippen LogP contribution in [-0.2, 0) is 0 Å². The van der Waals surface area contributed by atoms with Crippen molar-refractivity contribution in [3.63, 3.8) is 0 Å². The van der Waals surface area contributed by atoms with E-state index < -0.39 is 0 Å². The third-order valence-corrected chi connectivity index (χ3v) is 1.81. The van der Waals surface area contributed by atoms with Crippen molar-refractivity contribution in [1.29, 1.82) is 0 Å². The van der Waals surface area contributed by atoms with Crippen molar-refractivity contribution in [2.45, 2.75) is 33.2 Å². The maximum Gasteiger partial charge on any atom is 0.0337 e. The summed E-state index contributed by atoms with van der Waals surface area (Å²) in [7, 11) is 0. The predicted molar refractivity (Wildman–Crippen MR) is 40.9 cm³/mol. The third-order valence-electron chi connectivity index (χ3n) is 1.81. The second-order valence-electron chi connectivity index (χ2n) is 2.46. The predicted octanol–water partition coefficient (Wildman–Crippen LogP) is 1.60. The van der Waals surface area contributed by atoms with Crippen LogP contribution in [0.3, 0.4) is 0 Å². The fraction of sp³-hybridized carbons (Fsp3) is 0.750. The minimum Gasteiger partial charge on any atom is -0.343 e. The van der Waals surface area contributed by atoms with Crippen molar-refractivity contribution in [2.24, 2.45) is 5.92 Å². The SMILES string of the molecule is C#CNC(C)C(C)CC. The van der Waals surface area contributed by atoms with Crippen molar-refractivity contribution in [2.75, 3.05) is 0 Å². The zero-order valence-electron chi connectivity index (χ0n) is 6.44. The van der Waals surface area contributed by atoms with Gasteiger partial charge in [-0.3, -0.25) is 0 Å². The molecule has 2 unspecified atom stereocenters. The van der Waals surface area contributed by atoms with Crippen LogP contribution in [0.1, 0.15) is 27.2 Å². The second kappa shape index (κ2) is 4.26. The summed E-state index contributed by atoms with van der Waals surface area (Å²) < 4.78 is 0. The normalized spacial score (nSPS) is 15.8. The molecule has 52 valence electrons. The summed E-state index contributed by atoms with van der Waals surface area (Å²) in [4.78, 5) is 0. The average Bonchev–Trinajstić information content (AvgIpc) is 1.87. The van der Waals surface area contributed by atoms with Crippen molar-refractivity contribution < 1.29 is 0 Å². The first-order valence-corrected chi connectivity index (χ1v) is 3.43. The summed E-state index contributed by atoms with van der Waals surface area (Å²) in [6.07, 6.45) is 6.24. The van der Waals surface area contributed by atoms with Gasteiger partial charge in [0, 0.05) is 12.1 Å². The Morgan fingerprint density at radius 2 is 2.11 bits per heavy atom. The maximum absolute atomic E-state index is 5.06. The van der Waals surface area contributed by atoms with Gasteiger partial charge in [-0.25, -0.2) is 0 Å². The number of terminal acetylenes is 1. The highest BCUT2D eigenvalue weighted by atomic mass is 14.9. The van der Waals surface area contributed by atoms with E-state index >= 15 is 0 Å². The summed E-state index contributed by atoms with van der Waals surface area (Å²) in [5.41, 5.74) is 0. The standard InChI is InChI=1S/C8H15N/c1-5-7(3)8(4)9-6-2/h2,7-9H,5H2,1,3-4H3. The summed E-state index contributed by atoms with van der Waals surface area (Å²) in [6, 6.07) is 2.88. The molecule has 0 heterocycles. The van der Waals surface area contributed by atoms with Crippen LogP contribution in [0.25, 0.3) is 0 Å². The van der Waals surface area contributed by atoms with Crippen molar-refractivity contribution in [3.8, 4) is 12.5 Å². The van der Waals surface area contributed by atoms with Gasteiger partial charge in [0.15, 0.2) is 0 Å². The zero-order valence-corrected chi connectivity index (χ0v) is 6.44. The quantitative estimate of drug-likeness (QED) is 0.446. The van der Waals surface area contributed by atoms with Gasteiger partial charge < -0.3 is 5.32 Å². The summed E-state index contributed by atoms with van der Waals surface area (Å²) in [5.74, 6) is 0.668. The first kappa shape index (κ1) is 8.36. The molecule has 1 nitrogen and oxygen atoms in total. The molecule has 0 amide bonds. The molecule has 0 aliphatic carbocycles. The molecule has 0 fully saturated rings. The molecule has 0 rings (SSSR count). The Labute approximate surface area is 57.8 Å². The van der Waals surface area contributed by atoms with Crippen molar-refractivity contribution in [3.05, 3.63) is 0 Å². The van der Waals surface area contributed by atoms with Crippen LogP contribution in [0.2, 0.25) is 0 Å². The highest BCUT2D eigenvalue weighted by Gasteiger charge is 2.06. The monoisotopic (exact) mass is 125 g/mol. The van der Waals surface area contributed by atoms with Gasteiger partial charge in [-0.05, 0) is 12.8 Å². The summed E-state index contributed by atoms with van der Waals surface area (Å²) in [6.45, 7) is 6.46. The lowest BCUT2D eigenvalue weighted by Gasteiger charge is -2.16. The van der Waals surface area contributed by atoms with Crippen molar-refractivity contribution >= 4 is 0 Å². The minimum absolute atomic E-state index is 0.444. The van der Waals surface area contributed by atoms with Crippen LogP contribution < -0.4 is 5.32 Å². The van der Waals surface area contributed by atoms with Gasteiger partial charge in [0.1, 0.15) is 0 Å². The Morgan fingerprint density at radius 3 is 2.44 bits per heavy atom. The van der Waals surface area contributed by atoms with Crippen LogP contribution >= 0.6 is 0 Å². The van der Waals surface area contributed by atoms with E-state index in [4.69, 9.17) is 6.42 Å². The van der Waals surface area contributed by atoms with E-state index in [1.807, 2.05) is 0 Å². The number of rotatable bonds is 3. The maximum atomic E-state index is 5.06. The molecule has 0 aromatic heterocycles. The Balaban J connectivity index is 3.48. The van der Waals surface area contributed by atoms with Crippen molar-refractivity contribution in [1.82, 2.24) is 5.32 Å². The molecule has 0 aliphatic heterocycles. The molecule has 0 radical (unpaired) electrons. The first-order valence-electron chi connectivity index (χ1n) is 3.43. The smallest absolute Gasteiger partial charge is 0.0337 e. The van der Waals surface area contributed by atoms with Crippen LogP contribution in [0.5, 0.6) is 0 Å². The molecular formula is C8H15N. The summed E-state index contributed by atoms with van der Waals surface area (Å²) in [5, 5.41) is 2.92. The van der Waals surface area contributed by atoms with E-state index in [1.54, 1.807) is 0 Å². The zero-order chi connectivity index (χ0) is 7.28. The van der Waals surface area contributed by atoms with E-state index in [1.165, 1.54) is 6.42 Å². The molecule has 1 heteroatoms. The topological polar surface area (TPSA) is 12.0 Å². The largest absolute Gasteiger partial charge is 0.343 e. The Hall–Kier alpha value is -0.640. The number of nitrogens with one attached hydrogen (secondary N) is 1. The molecule has 2 atom stereocenters. The third kappa shape index (κ3) is 3.03. The molecule has 0 spiro atoms. The van der Waals surface area contributed by atoms with Crippen LogP contribution in [0, 0.1) is 18.4 Å². The number of hydrogen-bond acceptors (Lipinski definition) is 1. The van der Waals surface area contributed by atoms with Gasteiger partial charge in [-0.15, -0.1) is 0 Å². The van der Waals surface area contributed by atoms with Gasteiger partial charge in [-0.1, -0.05) is 26.7 Å². The van der Waals surface area contributed by atoms with Gasteiger partial charge in [0.2, 0.25) is 0 Å². The molecule has 0 bridgehead atoms. The number of hydrogen-bond donors (Lipinski definition) is 1. The van der Waals surface area contributed by atoms with E-state index in [0.29, 0.717) is 12.0 Å². The highest BCUT2D eigenvalue weighted by molar-refractivity contribution is 4.84. The van der Waals surface area contributed by atoms with E-state index in [2.05, 4.69) is 32.1 Å². The molecule has 1 N–H and O–H groups in total. The summed E-state index contributed by atoms with van der Waals surface area (Å²) >= 11 is 0.